The Morgan fingerprint density at radius 3 is 2.28 bits per heavy atom. The van der Waals surface area contributed by atoms with E-state index in [9.17, 15) is 16.8 Å². The maximum Gasteiger partial charge on any atom is 0.238 e. The van der Waals surface area contributed by atoms with E-state index in [1.54, 1.807) is 19.2 Å². The molecule has 0 heterocycles. The van der Waals surface area contributed by atoms with Crippen LogP contribution in [0, 0.1) is 0 Å². The van der Waals surface area contributed by atoms with Gasteiger partial charge in [0.05, 0.1) is 10.6 Å². The zero-order valence-electron chi connectivity index (χ0n) is 14.7. The van der Waals surface area contributed by atoms with E-state index in [0.29, 0.717) is 25.3 Å². The van der Waals surface area contributed by atoms with Gasteiger partial charge in [-0.2, -0.15) is 0 Å². The summed E-state index contributed by atoms with van der Waals surface area (Å²) >= 11 is 0. The van der Waals surface area contributed by atoms with Gasteiger partial charge < -0.3 is 10.6 Å². The maximum absolute atomic E-state index is 11.2. The van der Waals surface area contributed by atoms with Crippen molar-refractivity contribution in [2.75, 3.05) is 25.6 Å². The van der Waals surface area contributed by atoms with Crippen molar-refractivity contribution in [3.05, 3.63) is 29.8 Å². The number of nitrogens with one attached hydrogen (secondary N) is 2. The van der Waals surface area contributed by atoms with E-state index in [1.807, 2.05) is 6.92 Å². The Bertz CT molecular complexity index is 787. The number of hydrogen-bond donors (Lipinski definition) is 3. The molecule has 0 radical (unpaired) electrons. The highest BCUT2D eigenvalue weighted by molar-refractivity contribution is 7.90. The van der Waals surface area contributed by atoms with E-state index in [-0.39, 0.29) is 16.7 Å². The van der Waals surface area contributed by atoms with Crippen LogP contribution in [0.15, 0.2) is 34.2 Å². The number of guanidine groups is 1. The fraction of sp³-hybridized carbons (Fsp3) is 0.533. The predicted molar refractivity (Wildman–Crippen MR) is 99.8 cm³/mol. The molecule has 142 valence electrons. The molecule has 1 aromatic rings. The summed E-state index contributed by atoms with van der Waals surface area (Å²) in [5, 5.41) is 11.3. The number of sulfonamides is 1. The van der Waals surface area contributed by atoms with Gasteiger partial charge in [0.15, 0.2) is 5.96 Å². The average Bonchev–Trinajstić information content (AvgIpc) is 2.51. The first-order valence-electron chi connectivity index (χ1n) is 7.78. The van der Waals surface area contributed by atoms with Crippen molar-refractivity contribution >= 4 is 25.8 Å². The Labute approximate surface area is 149 Å². The molecule has 1 rings (SSSR count). The number of sulfone groups is 1. The molecule has 4 N–H and O–H groups in total. The first-order chi connectivity index (χ1) is 11.5. The Morgan fingerprint density at radius 1 is 1.20 bits per heavy atom. The minimum absolute atomic E-state index is 0.0324. The molecule has 1 unspecified atom stereocenters. The maximum atomic E-state index is 11.2. The average molecular weight is 391 g/mol. The Hall–Kier alpha value is -1.65. The van der Waals surface area contributed by atoms with Crippen molar-refractivity contribution in [2.24, 2.45) is 10.1 Å². The lowest BCUT2D eigenvalue weighted by atomic mass is 10.1. The second kappa shape index (κ2) is 9.16. The van der Waals surface area contributed by atoms with Gasteiger partial charge in [0.25, 0.3) is 0 Å². The molecular weight excluding hydrogens is 364 g/mol. The molecule has 1 aromatic carbocycles. The number of nitrogens with zero attached hydrogens (tertiary/aromatic N) is 1. The SMILES string of the molecule is CN=C(NCCc1ccc(S(N)(=O)=O)cc1)NC(C)CCS(C)(=O)=O. The smallest absolute Gasteiger partial charge is 0.238 e. The van der Waals surface area contributed by atoms with E-state index >= 15 is 0 Å². The minimum atomic E-state index is -3.67. The van der Waals surface area contributed by atoms with E-state index in [1.165, 1.54) is 18.4 Å². The van der Waals surface area contributed by atoms with Crippen molar-refractivity contribution in [2.45, 2.75) is 30.7 Å². The van der Waals surface area contributed by atoms with Crippen LogP contribution in [-0.4, -0.2) is 54.4 Å². The normalized spacial score (nSPS) is 14.2. The molecule has 0 bridgehead atoms. The third-order valence-corrected chi connectivity index (χ3v) is 5.39. The van der Waals surface area contributed by atoms with Gasteiger partial charge >= 0.3 is 0 Å². The molecule has 0 spiro atoms. The Balaban J connectivity index is 2.45. The lowest BCUT2D eigenvalue weighted by Gasteiger charge is -2.17. The number of hydrogen-bond acceptors (Lipinski definition) is 5. The largest absolute Gasteiger partial charge is 0.356 e. The topological polar surface area (TPSA) is 131 Å². The van der Waals surface area contributed by atoms with Gasteiger partial charge in [-0.1, -0.05) is 12.1 Å². The van der Waals surface area contributed by atoms with Crippen LogP contribution in [0.5, 0.6) is 0 Å². The van der Waals surface area contributed by atoms with Gasteiger partial charge in [0.1, 0.15) is 9.84 Å². The van der Waals surface area contributed by atoms with Crippen LogP contribution < -0.4 is 15.8 Å². The Morgan fingerprint density at radius 2 is 1.80 bits per heavy atom. The van der Waals surface area contributed by atoms with Crippen molar-refractivity contribution in [1.29, 1.82) is 0 Å². The van der Waals surface area contributed by atoms with Crippen molar-refractivity contribution < 1.29 is 16.8 Å². The highest BCUT2D eigenvalue weighted by Gasteiger charge is 2.10. The van der Waals surface area contributed by atoms with Gasteiger partial charge in [-0.25, -0.2) is 22.0 Å². The highest BCUT2D eigenvalue weighted by Crippen LogP contribution is 2.08. The molecule has 0 aromatic heterocycles. The monoisotopic (exact) mass is 390 g/mol. The second-order valence-electron chi connectivity index (χ2n) is 5.90. The van der Waals surface area contributed by atoms with Crippen LogP contribution in [0.3, 0.4) is 0 Å². The van der Waals surface area contributed by atoms with E-state index in [0.717, 1.165) is 5.56 Å². The lowest BCUT2D eigenvalue weighted by Crippen LogP contribution is -2.43. The second-order valence-corrected chi connectivity index (χ2v) is 9.72. The van der Waals surface area contributed by atoms with Crippen LogP contribution >= 0.6 is 0 Å². The summed E-state index contributed by atoms with van der Waals surface area (Å²) in [6.45, 7) is 2.48. The summed E-state index contributed by atoms with van der Waals surface area (Å²) in [5.74, 6) is 0.705. The zero-order valence-corrected chi connectivity index (χ0v) is 16.3. The summed E-state index contributed by atoms with van der Waals surface area (Å²) in [6.07, 6.45) is 2.38. The van der Waals surface area contributed by atoms with Gasteiger partial charge in [-0.3, -0.25) is 4.99 Å². The van der Waals surface area contributed by atoms with Gasteiger partial charge in [-0.15, -0.1) is 0 Å². The van der Waals surface area contributed by atoms with Crippen molar-refractivity contribution in [1.82, 2.24) is 10.6 Å². The zero-order chi connectivity index (χ0) is 19.1. The summed E-state index contributed by atoms with van der Waals surface area (Å²) in [5.41, 5.74) is 0.959. The van der Waals surface area contributed by atoms with Crippen molar-refractivity contribution in [3.8, 4) is 0 Å². The molecule has 0 saturated carbocycles. The summed E-state index contributed by atoms with van der Waals surface area (Å²) in [4.78, 5) is 4.18. The van der Waals surface area contributed by atoms with Crippen LogP contribution in [0.25, 0.3) is 0 Å². The van der Waals surface area contributed by atoms with Crippen LogP contribution in [0.1, 0.15) is 18.9 Å². The molecule has 0 amide bonds. The molecule has 0 aliphatic rings. The molecular formula is C15H26N4O4S2. The third kappa shape index (κ3) is 8.84. The van der Waals surface area contributed by atoms with Crippen LogP contribution in [0.4, 0.5) is 0 Å². The number of primary sulfonamides is 1. The van der Waals surface area contributed by atoms with Gasteiger partial charge in [0, 0.05) is 25.9 Å². The van der Waals surface area contributed by atoms with Gasteiger partial charge in [0.2, 0.25) is 10.0 Å². The lowest BCUT2D eigenvalue weighted by molar-refractivity contribution is 0.581. The molecule has 0 saturated heterocycles. The fourth-order valence-electron chi connectivity index (χ4n) is 2.06. The molecule has 0 fully saturated rings. The summed E-state index contributed by atoms with van der Waals surface area (Å²) in [7, 11) is -5.02. The minimum Gasteiger partial charge on any atom is -0.356 e. The molecule has 25 heavy (non-hydrogen) atoms. The molecule has 8 nitrogen and oxygen atoms in total. The first kappa shape index (κ1) is 21.4. The van der Waals surface area contributed by atoms with Crippen molar-refractivity contribution in [3.63, 3.8) is 0 Å². The number of benzene rings is 1. The summed E-state index contributed by atoms with van der Waals surface area (Å²) in [6, 6.07) is 6.35. The van der Waals surface area contributed by atoms with Crippen LogP contribution in [0.2, 0.25) is 0 Å². The Kier molecular flexibility index (Phi) is 7.84. The van der Waals surface area contributed by atoms with E-state index in [2.05, 4.69) is 15.6 Å². The molecule has 10 heteroatoms. The number of rotatable bonds is 8. The standard InChI is InChI=1S/C15H26N4O4S2/c1-12(9-11-24(3,20)21)19-15(17-2)18-10-8-13-4-6-14(7-5-13)25(16,22)23/h4-7,12H,8-11H2,1-3H3,(H2,16,22,23)(H2,17,18,19). The predicted octanol–water partition coefficient (Wildman–Crippen LogP) is -0.135. The van der Waals surface area contributed by atoms with E-state index < -0.39 is 19.9 Å². The van der Waals surface area contributed by atoms with Gasteiger partial charge in [-0.05, 0) is 37.5 Å². The fourth-order valence-corrected chi connectivity index (χ4v) is 3.36. The van der Waals surface area contributed by atoms with Crippen LogP contribution in [-0.2, 0) is 26.3 Å². The highest BCUT2D eigenvalue weighted by atomic mass is 32.2. The molecule has 0 aliphatic heterocycles. The number of aliphatic imine (C=N–C) groups is 1. The quantitative estimate of drug-likeness (QED) is 0.418. The van der Waals surface area contributed by atoms with E-state index in [4.69, 9.17) is 5.14 Å². The molecule has 0 aliphatic carbocycles. The molecule has 1 atom stereocenters. The third-order valence-electron chi connectivity index (χ3n) is 3.49. The summed E-state index contributed by atoms with van der Waals surface area (Å²) < 4.78 is 44.8. The number of nitrogens with two attached hydrogens (primary N) is 1. The first-order valence-corrected chi connectivity index (χ1v) is 11.4.